The molecule has 9 nitrogen and oxygen atoms in total. The molecule has 34 heavy (non-hydrogen) atoms. The van der Waals surface area contributed by atoms with Crippen LogP contribution in [-0.4, -0.2) is 78.8 Å². The van der Waals surface area contributed by atoms with E-state index in [0.29, 0.717) is 37.9 Å². The maximum absolute atomic E-state index is 13.7. The molecular weight excluding hydrogens is 436 g/mol. The fourth-order valence-electron chi connectivity index (χ4n) is 6.11. The van der Waals surface area contributed by atoms with Gasteiger partial charge in [0.05, 0.1) is 17.9 Å². The second-order valence-electron chi connectivity index (χ2n) is 9.34. The van der Waals surface area contributed by atoms with E-state index in [0.717, 1.165) is 18.8 Å². The molecule has 3 heterocycles. The zero-order valence-electron chi connectivity index (χ0n) is 20.3. The summed E-state index contributed by atoms with van der Waals surface area (Å²) in [6.45, 7) is 6.34. The zero-order valence-corrected chi connectivity index (χ0v) is 20.3. The van der Waals surface area contributed by atoms with E-state index in [4.69, 9.17) is 4.74 Å². The number of hydrogen-bond donors (Lipinski definition) is 3. The molecule has 5 atom stereocenters. The van der Waals surface area contributed by atoms with E-state index in [1.54, 1.807) is 11.9 Å². The summed E-state index contributed by atoms with van der Waals surface area (Å²) in [6.07, 6.45) is 1.97. The van der Waals surface area contributed by atoms with E-state index in [9.17, 15) is 19.5 Å². The Balaban J connectivity index is 1.60. The highest BCUT2D eigenvalue weighted by Crippen LogP contribution is 2.58. The lowest BCUT2D eigenvalue weighted by Gasteiger charge is -2.33. The minimum atomic E-state index is -0.997. The summed E-state index contributed by atoms with van der Waals surface area (Å²) in [6, 6.07) is 6.87. The van der Waals surface area contributed by atoms with Gasteiger partial charge in [-0.25, -0.2) is 0 Å². The molecule has 0 radical (unpaired) electrons. The van der Waals surface area contributed by atoms with Crippen molar-refractivity contribution in [2.45, 2.75) is 57.3 Å². The van der Waals surface area contributed by atoms with Crippen molar-refractivity contribution < 1.29 is 24.2 Å². The fourth-order valence-corrected chi connectivity index (χ4v) is 6.11. The van der Waals surface area contributed by atoms with Crippen LogP contribution in [-0.2, 0) is 19.1 Å². The van der Waals surface area contributed by atoms with Crippen molar-refractivity contribution in [3.05, 3.63) is 24.3 Å². The van der Waals surface area contributed by atoms with Crippen LogP contribution in [0.2, 0.25) is 0 Å². The lowest BCUT2D eigenvalue weighted by molar-refractivity contribution is -0.140. The standard InChI is InChI=1S/C25H36N4O5/c1-4-28(5-2)17-10-8-16(9-11-17)27-23(32)21-25-13-12-18(34-25)19(22(31)26-3)20(25)24(33)29(21)14-6-7-15-30/h8-11,18-21,30H,4-7,12-15H2,1-3H3,(H,26,31)(H,27,32)/t18-,19+,20+,21?,25?/m1/s1. The molecule has 186 valence electrons. The predicted molar refractivity (Wildman–Crippen MR) is 128 cm³/mol. The van der Waals surface area contributed by atoms with Gasteiger partial charge in [0.2, 0.25) is 17.7 Å². The van der Waals surface area contributed by atoms with E-state index < -0.39 is 23.5 Å². The Morgan fingerprint density at radius 1 is 1.18 bits per heavy atom. The van der Waals surface area contributed by atoms with Crippen molar-refractivity contribution >= 4 is 29.1 Å². The Labute approximate surface area is 200 Å². The van der Waals surface area contributed by atoms with E-state index in [1.807, 2.05) is 24.3 Å². The molecule has 2 unspecified atom stereocenters. The average molecular weight is 473 g/mol. The molecule has 2 bridgehead atoms. The highest BCUT2D eigenvalue weighted by Gasteiger charge is 2.74. The lowest BCUT2D eigenvalue weighted by Crippen LogP contribution is -2.53. The zero-order chi connectivity index (χ0) is 24.5. The smallest absolute Gasteiger partial charge is 0.250 e. The number of unbranched alkanes of at least 4 members (excludes halogenated alkanes) is 1. The van der Waals surface area contributed by atoms with Gasteiger partial charge in [-0.2, -0.15) is 0 Å². The first-order valence-electron chi connectivity index (χ1n) is 12.4. The average Bonchev–Trinajstić information content (AvgIpc) is 3.48. The van der Waals surface area contributed by atoms with Crippen molar-refractivity contribution in [1.29, 1.82) is 0 Å². The number of benzene rings is 1. The predicted octanol–water partition coefficient (Wildman–Crippen LogP) is 1.36. The molecule has 3 fully saturated rings. The van der Waals surface area contributed by atoms with Crippen LogP contribution in [0.3, 0.4) is 0 Å². The Bertz CT molecular complexity index is 918. The quantitative estimate of drug-likeness (QED) is 0.444. The number of hydrogen-bond acceptors (Lipinski definition) is 6. The normalized spacial score (nSPS) is 29.3. The fraction of sp³-hybridized carbons (Fsp3) is 0.640. The summed E-state index contributed by atoms with van der Waals surface area (Å²) >= 11 is 0. The number of amides is 3. The van der Waals surface area contributed by atoms with Crippen LogP contribution in [0.15, 0.2) is 24.3 Å². The Morgan fingerprint density at radius 2 is 1.88 bits per heavy atom. The van der Waals surface area contributed by atoms with Gasteiger partial charge in [-0.1, -0.05) is 0 Å². The summed E-state index contributed by atoms with van der Waals surface area (Å²) in [5.74, 6) is -1.97. The van der Waals surface area contributed by atoms with Gasteiger partial charge in [-0.05, 0) is 63.8 Å². The second kappa shape index (κ2) is 9.92. The maximum Gasteiger partial charge on any atom is 0.250 e. The van der Waals surface area contributed by atoms with Crippen LogP contribution >= 0.6 is 0 Å². The molecule has 4 rings (SSSR count). The first-order valence-corrected chi connectivity index (χ1v) is 12.4. The molecular formula is C25H36N4O5. The summed E-state index contributed by atoms with van der Waals surface area (Å²) in [5, 5.41) is 14.9. The number of carbonyl (C=O) groups excluding carboxylic acids is 3. The van der Waals surface area contributed by atoms with E-state index >= 15 is 0 Å². The number of anilines is 2. The van der Waals surface area contributed by atoms with Crippen LogP contribution in [0.1, 0.15) is 39.5 Å². The topological polar surface area (TPSA) is 111 Å². The van der Waals surface area contributed by atoms with Crippen LogP contribution in [0.5, 0.6) is 0 Å². The van der Waals surface area contributed by atoms with Crippen molar-refractivity contribution in [3.63, 3.8) is 0 Å². The van der Waals surface area contributed by atoms with Gasteiger partial charge in [-0.15, -0.1) is 0 Å². The summed E-state index contributed by atoms with van der Waals surface area (Å²) in [4.78, 5) is 43.7. The third kappa shape index (κ3) is 3.94. The van der Waals surface area contributed by atoms with E-state index in [1.165, 1.54) is 0 Å². The lowest BCUT2D eigenvalue weighted by atomic mass is 9.70. The van der Waals surface area contributed by atoms with E-state index in [2.05, 4.69) is 29.4 Å². The van der Waals surface area contributed by atoms with Crippen molar-refractivity contribution in [1.82, 2.24) is 10.2 Å². The highest BCUT2D eigenvalue weighted by molar-refractivity contribution is 6.03. The van der Waals surface area contributed by atoms with Crippen molar-refractivity contribution in [2.75, 3.05) is 43.5 Å². The molecule has 3 N–H and O–H groups in total. The first-order chi connectivity index (χ1) is 16.4. The van der Waals surface area contributed by atoms with Gasteiger partial charge in [0.25, 0.3) is 0 Å². The van der Waals surface area contributed by atoms with Crippen LogP contribution < -0.4 is 15.5 Å². The molecule has 1 aromatic carbocycles. The summed E-state index contributed by atoms with van der Waals surface area (Å²) in [7, 11) is 1.56. The number of rotatable bonds is 10. The van der Waals surface area contributed by atoms with Gasteiger partial charge in [0, 0.05) is 44.7 Å². The van der Waals surface area contributed by atoms with Crippen LogP contribution in [0, 0.1) is 11.8 Å². The minimum Gasteiger partial charge on any atom is -0.396 e. The van der Waals surface area contributed by atoms with Gasteiger partial charge >= 0.3 is 0 Å². The first kappa shape index (κ1) is 24.5. The van der Waals surface area contributed by atoms with Gasteiger partial charge in [0.15, 0.2) is 0 Å². The monoisotopic (exact) mass is 472 g/mol. The Morgan fingerprint density at radius 3 is 2.50 bits per heavy atom. The van der Waals surface area contributed by atoms with E-state index in [-0.39, 0.29) is 30.4 Å². The number of nitrogens with one attached hydrogen (secondary N) is 2. The van der Waals surface area contributed by atoms with Crippen molar-refractivity contribution in [3.8, 4) is 0 Å². The maximum atomic E-state index is 13.7. The molecule has 0 aliphatic carbocycles. The van der Waals surface area contributed by atoms with Gasteiger partial charge < -0.3 is 30.3 Å². The molecule has 1 spiro atoms. The molecule has 3 amide bonds. The van der Waals surface area contributed by atoms with Crippen molar-refractivity contribution in [2.24, 2.45) is 11.8 Å². The number of aliphatic hydroxyl groups excluding tert-OH is 1. The number of aliphatic hydroxyl groups is 1. The molecule has 3 saturated heterocycles. The molecule has 9 heteroatoms. The number of likely N-dealkylation sites (tertiary alicyclic amines) is 1. The number of carbonyl (C=O) groups is 3. The Hall–Kier alpha value is -2.65. The number of ether oxygens (including phenoxy) is 1. The summed E-state index contributed by atoms with van der Waals surface area (Å²) in [5.41, 5.74) is 0.733. The second-order valence-corrected chi connectivity index (χ2v) is 9.34. The third-order valence-electron chi connectivity index (χ3n) is 7.67. The molecule has 0 saturated carbocycles. The largest absolute Gasteiger partial charge is 0.396 e. The highest BCUT2D eigenvalue weighted by atomic mass is 16.5. The molecule has 1 aromatic rings. The SMILES string of the molecule is CCN(CC)c1ccc(NC(=O)C2N(CCCCO)C(=O)[C@@H]3[C@@H](C(=O)NC)[C@H]4CCC23O4)cc1. The molecule has 3 aliphatic heterocycles. The van der Waals surface area contributed by atoms with Gasteiger partial charge in [0.1, 0.15) is 11.6 Å². The number of fused-ring (bicyclic) bond motifs is 1. The summed E-state index contributed by atoms with van der Waals surface area (Å²) < 4.78 is 6.34. The van der Waals surface area contributed by atoms with Crippen LogP contribution in [0.25, 0.3) is 0 Å². The third-order valence-corrected chi connectivity index (χ3v) is 7.67. The van der Waals surface area contributed by atoms with Crippen LogP contribution in [0.4, 0.5) is 11.4 Å². The Kier molecular flexibility index (Phi) is 7.14. The van der Waals surface area contributed by atoms with Gasteiger partial charge in [-0.3, -0.25) is 14.4 Å². The molecule has 0 aromatic heterocycles. The minimum absolute atomic E-state index is 0.0196. The molecule has 3 aliphatic rings. The number of nitrogens with zero attached hydrogens (tertiary/aromatic N) is 2.